The molecule has 7 nitrogen and oxygen atoms in total. The average molecular weight is 344 g/mol. The van der Waals surface area contributed by atoms with Crippen molar-refractivity contribution in [3.8, 4) is 17.1 Å². The number of aromatic nitrogens is 5. The Balaban J connectivity index is 1.66. The Morgan fingerprint density at radius 2 is 2.04 bits per heavy atom. The molecule has 0 fully saturated rings. The highest BCUT2D eigenvalue weighted by atomic mass is 16.5. The largest absolute Gasteiger partial charge is 0.488 e. The number of hydrogen-bond donors (Lipinski definition) is 1. The van der Waals surface area contributed by atoms with E-state index in [2.05, 4.69) is 30.0 Å². The van der Waals surface area contributed by atoms with Crippen molar-refractivity contribution >= 4 is 22.4 Å². The molecule has 1 aliphatic rings. The molecule has 0 unspecified atom stereocenters. The van der Waals surface area contributed by atoms with E-state index in [1.807, 2.05) is 37.3 Å². The molecule has 0 amide bonds. The molecule has 1 aliphatic heterocycles. The molecule has 0 aromatic carbocycles. The van der Waals surface area contributed by atoms with Crippen molar-refractivity contribution in [3.63, 3.8) is 0 Å². The predicted octanol–water partition coefficient (Wildman–Crippen LogP) is 3.25. The first-order valence-electron chi connectivity index (χ1n) is 8.42. The third-order valence-corrected chi connectivity index (χ3v) is 4.48. The number of pyridine rings is 3. The lowest BCUT2D eigenvalue weighted by Crippen LogP contribution is -2.29. The van der Waals surface area contributed by atoms with Crippen LogP contribution in [0.4, 0.5) is 11.4 Å². The van der Waals surface area contributed by atoms with Crippen LogP contribution in [0.15, 0.2) is 48.9 Å². The van der Waals surface area contributed by atoms with Gasteiger partial charge in [0.1, 0.15) is 6.61 Å². The normalized spacial score (nSPS) is 13.5. The minimum Gasteiger partial charge on any atom is -0.488 e. The van der Waals surface area contributed by atoms with E-state index in [-0.39, 0.29) is 0 Å². The molecule has 0 atom stereocenters. The molecule has 4 aromatic heterocycles. The number of rotatable bonds is 2. The van der Waals surface area contributed by atoms with Gasteiger partial charge in [-0.05, 0) is 31.2 Å². The maximum absolute atomic E-state index is 5.82. The smallest absolute Gasteiger partial charge is 0.161 e. The fourth-order valence-electron chi connectivity index (χ4n) is 3.27. The molecule has 5 heterocycles. The molecule has 7 heteroatoms. The zero-order chi connectivity index (χ0) is 17.5. The molecule has 0 bridgehead atoms. The van der Waals surface area contributed by atoms with E-state index < -0.39 is 0 Å². The van der Waals surface area contributed by atoms with E-state index in [1.54, 1.807) is 18.6 Å². The summed E-state index contributed by atoms with van der Waals surface area (Å²) in [6, 6.07) is 9.96. The summed E-state index contributed by atoms with van der Waals surface area (Å²) in [4.78, 5) is 15.7. The number of fused-ring (bicyclic) bond motifs is 2. The SMILES string of the molecule is Cc1cccc(-c2cc3c(cn2)OCCN3c2ccnc3[nH]ncc23)n1. The van der Waals surface area contributed by atoms with Gasteiger partial charge in [0.05, 0.1) is 47.1 Å². The summed E-state index contributed by atoms with van der Waals surface area (Å²) in [7, 11) is 0. The second-order valence-electron chi connectivity index (χ2n) is 6.16. The summed E-state index contributed by atoms with van der Waals surface area (Å²) in [5, 5.41) is 8.02. The molecule has 0 spiro atoms. The molecule has 0 aliphatic carbocycles. The van der Waals surface area contributed by atoms with Gasteiger partial charge in [0, 0.05) is 11.9 Å². The van der Waals surface area contributed by atoms with Crippen LogP contribution in [-0.2, 0) is 0 Å². The lowest BCUT2D eigenvalue weighted by Gasteiger charge is -2.31. The first-order chi connectivity index (χ1) is 12.8. The summed E-state index contributed by atoms with van der Waals surface area (Å²) in [5.74, 6) is 0.765. The maximum Gasteiger partial charge on any atom is 0.161 e. The van der Waals surface area contributed by atoms with E-state index in [0.29, 0.717) is 6.61 Å². The molecule has 1 N–H and O–H groups in total. The van der Waals surface area contributed by atoms with Crippen LogP contribution in [0.5, 0.6) is 5.75 Å². The van der Waals surface area contributed by atoms with Gasteiger partial charge < -0.3 is 9.64 Å². The number of aromatic amines is 1. The second-order valence-corrected chi connectivity index (χ2v) is 6.16. The molecule has 4 aromatic rings. The van der Waals surface area contributed by atoms with Crippen molar-refractivity contribution in [2.75, 3.05) is 18.1 Å². The lowest BCUT2D eigenvalue weighted by atomic mass is 10.1. The summed E-state index contributed by atoms with van der Waals surface area (Å²) < 4.78 is 5.82. The Hall–Kier alpha value is -3.48. The molecule has 0 saturated heterocycles. The second kappa shape index (κ2) is 5.80. The number of aryl methyl sites for hydroxylation is 1. The summed E-state index contributed by atoms with van der Waals surface area (Å²) in [6.07, 6.45) is 5.36. The third kappa shape index (κ3) is 2.36. The fourth-order valence-corrected chi connectivity index (χ4v) is 3.27. The van der Waals surface area contributed by atoms with Crippen LogP contribution in [0.2, 0.25) is 0 Å². The van der Waals surface area contributed by atoms with Crippen molar-refractivity contribution in [2.45, 2.75) is 6.92 Å². The fraction of sp³-hybridized carbons (Fsp3) is 0.158. The standard InChI is InChI=1S/C19H16N6O/c1-12-3-2-4-14(23-12)15-9-17-18(11-21-15)26-8-7-25(17)16-5-6-20-19-13(16)10-22-24-19/h2-6,9-11H,7-8H2,1H3,(H,20,22,24). The van der Waals surface area contributed by atoms with E-state index in [9.17, 15) is 0 Å². The Morgan fingerprint density at radius 1 is 1.08 bits per heavy atom. The van der Waals surface area contributed by atoms with E-state index in [4.69, 9.17) is 4.74 Å². The first kappa shape index (κ1) is 14.8. The molecular weight excluding hydrogens is 328 g/mol. The molecule has 0 saturated carbocycles. The van der Waals surface area contributed by atoms with Crippen molar-refractivity contribution in [1.29, 1.82) is 0 Å². The van der Waals surface area contributed by atoms with Gasteiger partial charge in [-0.2, -0.15) is 5.10 Å². The van der Waals surface area contributed by atoms with E-state index >= 15 is 0 Å². The molecule has 5 rings (SSSR count). The van der Waals surface area contributed by atoms with Crippen LogP contribution in [0, 0.1) is 6.92 Å². The Morgan fingerprint density at radius 3 is 2.96 bits per heavy atom. The zero-order valence-corrected chi connectivity index (χ0v) is 14.2. The molecule has 26 heavy (non-hydrogen) atoms. The monoisotopic (exact) mass is 344 g/mol. The van der Waals surface area contributed by atoms with Gasteiger partial charge >= 0.3 is 0 Å². The summed E-state index contributed by atoms with van der Waals surface area (Å²) in [6.45, 7) is 3.31. The Kier molecular flexibility index (Phi) is 3.31. The van der Waals surface area contributed by atoms with Crippen LogP contribution >= 0.6 is 0 Å². The zero-order valence-electron chi connectivity index (χ0n) is 14.2. The van der Waals surface area contributed by atoms with Gasteiger partial charge in [0.2, 0.25) is 0 Å². The minimum atomic E-state index is 0.596. The van der Waals surface area contributed by atoms with Crippen molar-refractivity contribution in [3.05, 3.63) is 54.6 Å². The van der Waals surface area contributed by atoms with Crippen molar-refractivity contribution in [2.24, 2.45) is 0 Å². The average Bonchev–Trinajstić information content (AvgIpc) is 3.16. The highest BCUT2D eigenvalue weighted by Crippen LogP contribution is 2.39. The van der Waals surface area contributed by atoms with E-state index in [1.165, 1.54) is 0 Å². The number of H-pyrrole nitrogens is 1. The summed E-state index contributed by atoms with van der Waals surface area (Å²) in [5.41, 5.74) is 5.41. The first-order valence-corrected chi connectivity index (χ1v) is 8.42. The van der Waals surface area contributed by atoms with Gasteiger partial charge in [-0.25, -0.2) is 4.98 Å². The predicted molar refractivity (Wildman–Crippen MR) is 98.6 cm³/mol. The minimum absolute atomic E-state index is 0.596. The van der Waals surface area contributed by atoms with E-state index in [0.717, 1.165) is 51.8 Å². The van der Waals surface area contributed by atoms with Crippen molar-refractivity contribution in [1.82, 2.24) is 25.1 Å². The number of ether oxygens (including phenoxy) is 1. The van der Waals surface area contributed by atoms with Crippen LogP contribution in [-0.4, -0.2) is 38.3 Å². The molecule has 0 radical (unpaired) electrons. The highest BCUT2D eigenvalue weighted by molar-refractivity contribution is 5.92. The Bertz CT molecular complexity index is 1110. The number of nitrogens with one attached hydrogen (secondary N) is 1. The third-order valence-electron chi connectivity index (χ3n) is 4.48. The Labute approximate surface area is 149 Å². The maximum atomic E-state index is 5.82. The molecular formula is C19H16N6O. The van der Waals surface area contributed by atoms with Gasteiger partial charge in [-0.15, -0.1) is 0 Å². The van der Waals surface area contributed by atoms with Crippen LogP contribution < -0.4 is 9.64 Å². The van der Waals surface area contributed by atoms with Gasteiger partial charge in [-0.1, -0.05) is 6.07 Å². The van der Waals surface area contributed by atoms with Crippen LogP contribution in [0.1, 0.15) is 5.69 Å². The van der Waals surface area contributed by atoms with Crippen LogP contribution in [0.3, 0.4) is 0 Å². The van der Waals surface area contributed by atoms with Gasteiger partial charge in [0.25, 0.3) is 0 Å². The molecule has 128 valence electrons. The lowest BCUT2D eigenvalue weighted by molar-refractivity contribution is 0.313. The quantitative estimate of drug-likeness (QED) is 0.601. The summed E-state index contributed by atoms with van der Waals surface area (Å²) >= 11 is 0. The van der Waals surface area contributed by atoms with Crippen LogP contribution in [0.25, 0.3) is 22.4 Å². The topological polar surface area (TPSA) is 79.8 Å². The number of hydrogen-bond acceptors (Lipinski definition) is 6. The van der Waals surface area contributed by atoms with Crippen molar-refractivity contribution < 1.29 is 4.74 Å². The number of nitrogens with zero attached hydrogens (tertiary/aromatic N) is 5. The van der Waals surface area contributed by atoms with Gasteiger partial charge in [-0.3, -0.25) is 15.1 Å². The van der Waals surface area contributed by atoms with Gasteiger partial charge in [0.15, 0.2) is 11.4 Å². The number of anilines is 2. The highest BCUT2D eigenvalue weighted by Gasteiger charge is 2.23.